The van der Waals surface area contributed by atoms with Gasteiger partial charge in [0.15, 0.2) is 0 Å². The van der Waals surface area contributed by atoms with Gasteiger partial charge in [0.05, 0.1) is 12.7 Å². The fraction of sp³-hybridized carbons (Fsp3) is 0.0476. The third-order valence-electron chi connectivity index (χ3n) is 4.24. The molecule has 4 aromatic rings. The minimum Gasteiger partial charge on any atom is -0.497 e. The lowest BCUT2D eigenvalue weighted by Crippen LogP contribution is -2.36. The number of benzene rings is 3. The van der Waals surface area contributed by atoms with E-state index in [0.29, 0.717) is 5.69 Å². The Labute approximate surface area is 150 Å². The van der Waals surface area contributed by atoms with Gasteiger partial charge in [0, 0.05) is 12.1 Å². The highest BCUT2D eigenvalue weighted by Gasteiger charge is 2.25. The van der Waals surface area contributed by atoms with Crippen molar-refractivity contribution in [2.45, 2.75) is 0 Å². The van der Waals surface area contributed by atoms with Crippen LogP contribution in [-0.4, -0.2) is 12.4 Å². The van der Waals surface area contributed by atoms with Gasteiger partial charge in [0.2, 0.25) is 5.69 Å². The number of aromatic amines is 1. The normalized spacial score (nSPS) is 10.7. The summed E-state index contributed by atoms with van der Waals surface area (Å²) in [5, 5.41) is 2.66. The van der Waals surface area contributed by atoms with Crippen LogP contribution in [0.5, 0.6) is 5.75 Å². The topological polar surface area (TPSA) is 59.1 Å². The molecule has 0 atom stereocenters. The molecule has 0 spiro atoms. The van der Waals surface area contributed by atoms with Crippen LogP contribution in [0.25, 0.3) is 28.1 Å². The maximum absolute atomic E-state index is 12.2. The molecule has 0 aliphatic carbocycles. The number of H-pyrrole nitrogens is 1. The molecule has 1 aromatic heterocycles. The van der Waals surface area contributed by atoms with Gasteiger partial charge in [-0.05, 0) is 45.3 Å². The Morgan fingerprint density at radius 2 is 1.42 bits per heavy atom. The first-order valence-electron chi connectivity index (χ1n) is 8.20. The average Bonchev–Trinajstić information content (AvgIpc) is 3.10. The van der Waals surface area contributed by atoms with Crippen LogP contribution in [-0.2, 0) is 0 Å². The van der Waals surface area contributed by atoms with E-state index in [0.717, 1.165) is 28.1 Å². The van der Waals surface area contributed by atoms with Gasteiger partial charge in [-0.15, -0.1) is 0 Å². The number of nitrogens with zero attached hydrogens (tertiary/aromatic N) is 1. The molecule has 0 radical (unpaired) electrons. The Balaban J connectivity index is 1.74. The zero-order valence-electron chi connectivity index (χ0n) is 14.2. The maximum Gasteiger partial charge on any atom is 0.435 e. The number of nitrogens with one attached hydrogen (secondary N) is 1. The highest BCUT2D eigenvalue weighted by molar-refractivity contribution is 5.67. The van der Waals surface area contributed by atoms with Crippen LogP contribution in [0, 0.1) is 0 Å². The molecule has 3 aromatic carbocycles. The van der Waals surface area contributed by atoms with Crippen molar-refractivity contribution < 1.29 is 13.9 Å². The zero-order valence-corrected chi connectivity index (χ0v) is 14.2. The molecule has 0 saturated heterocycles. The van der Waals surface area contributed by atoms with Crippen molar-refractivity contribution in [2.75, 3.05) is 7.11 Å². The summed E-state index contributed by atoms with van der Waals surface area (Å²) in [6.45, 7) is 0. The quantitative estimate of drug-likeness (QED) is 0.575. The van der Waals surface area contributed by atoms with E-state index in [1.165, 1.54) is 0 Å². The van der Waals surface area contributed by atoms with Gasteiger partial charge in [0.1, 0.15) is 5.75 Å². The van der Waals surface area contributed by atoms with E-state index in [1.807, 2.05) is 66.7 Å². The first-order chi connectivity index (χ1) is 12.8. The number of hydrogen-bond acceptors (Lipinski definition) is 3. The van der Waals surface area contributed by atoms with Crippen molar-refractivity contribution in [3.63, 3.8) is 0 Å². The van der Waals surface area contributed by atoms with E-state index in [2.05, 4.69) is 17.4 Å². The number of ether oxygens (including phenoxy) is 1. The van der Waals surface area contributed by atoms with Gasteiger partial charge in [-0.3, -0.25) is 4.52 Å². The Bertz CT molecular complexity index is 1060. The van der Waals surface area contributed by atoms with E-state index in [4.69, 9.17) is 9.26 Å². The number of methoxy groups -OCH3 is 1. The van der Waals surface area contributed by atoms with Gasteiger partial charge >= 0.3 is 11.3 Å². The number of aromatic nitrogens is 2. The second-order valence-corrected chi connectivity index (χ2v) is 5.81. The Morgan fingerprint density at radius 3 is 2.08 bits per heavy atom. The van der Waals surface area contributed by atoms with Crippen molar-refractivity contribution in [2.24, 2.45) is 0 Å². The van der Waals surface area contributed by atoms with E-state index < -0.39 is 5.63 Å². The summed E-state index contributed by atoms with van der Waals surface area (Å²) in [5.41, 5.74) is 3.78. The first kappa shape index (κ1) is 15.9. The van der Waals surface area contributed by atoms with Gasteiger partial charge in [-0.1, -0.05) is 42.5 Å². The largest absolute Gasteiger partial charge is 0.497 e. The van der Waals surface area contributed by atoms with Crippen LogP contribution < -0.4 is 15.0 Å². The summed E-state index contributed by atoms with van der Waals surface area (Å²) in [6, 6.07) is 25.3. The van der Waals surface area contributed by atoms with Crippen LogP contribution in [0.1, 0.15) is 0 Å². The van der Waals surface area contributed by atoms with Crippen LogP contribution in [0.15, 0.2) is 88.2 Å². The van der Waals surface area contributed by atoms with Crippen molar-refractivity contribution >= 4 is 0 Å². The minimum absolute atomic E-state index is 0.423. The van der Waals surface area contributed by atoms with Gasteiger partial charge in [-0.25, -0.2) is 4.79 Å². The molecule has 0 amide bonds. The summed E-state index contributed by atoms with van der Waals surface area (Å²) in [4.78, 5) is 12.2. The molecule has 0 fully saturated rings. The zero-order chi connectivity index (χ0) is 17.9. The average molecular weight is 345 g/mol. The molecule has 128 valence electrons. The smallest absolute Gasteiger partial charge is 0.435 e. The van der Waals surface area contributed by atoms with Crippen molar-refractivity contribution in [1.82, 2.24) is 5.27 Å². The van der Waals surface area contributed by atoms with E-state index in [-0.39, 0.29) is 0 Å². The third-order valence-corrected chi connectivity index (χ3v) is 4.24. The second kappa shape index (κ2) is 6.72. The predicted octanol–water partition coefficient (Wildman–Crippen LogP) is 3.59. The SMILES string of the molecule is COc1ccc(-[n+]2[nH]oc(=O)c2-c2ccc(-c3ccccc3)cc2)cc1. The fourth-order valence-electron chi connectivity index (χ4n) is 2.88. The molecule has 0 bridgehead atoms. The van der Waals surface area contributed by atoms with Crippen molar-refractivity contribution in [3.8, 4) is 33.8 Å². The van der Waals surface area contributed by atoms with Gasteiger partial charge in [0.25, 0.3) is 0 Å². The van der Waals surface area contributed by atoms with Crippen LogP contribution in [0.4, 0.5) is 0 Å². The molecule has 26 heavy (non-hydrogen) atoms. The van der Waals surface area contributed by atoms with E-state index in [9.17, 15) is 4.79 Å². The molecule has 1 N–H and O–H groups in total. The van der Waals surface area contributed by atoms with Gasteiger partial charge in [-0.2, -0.15) is 0 Å². The molecule has 5 heteroatoms. The summed E-state index contributed by atoms with van der Waals surface area (Å²) in [5.74, 6) is 0.744. The number of rotatable bonds is 4. The van der Waals surface area contributed by atoms with Crippen LogP contribution >= 0.6 is 0 Å². The third kappa shape index (κ3) is 2.91. The molecule has 4 rings (SSSR count). The lowest BCUT2D eigenvalue weighted by atomic mass is 10.0. The van der Waals surface area contributed by atoms with E-state index in [1.54, 1.807) is 11.8 Å². The van der Waals surface area contributed by atoms with Crippen LogP contribution in [0.3, 0.4) is 0 Å². The molecule has 1 heterocycles. The maximum atomic E-state index is 12.2. The first-order valence-corrected chi connectivity index (χ1v) is 8.20. The highest BCUT2D eigenvalue weighted by Crippen LogP contribution is 2.22. The summed E-state index contributed by atoms with van der Waals surface area (Å²) < 4.78 is 11.8. The lowest BCUT2D eigenvalue weighted by molar-refractivity contribution is -0.660. The Hall–Kier alpha value is -3.60. The molecule has 0 saturated carbocycles. The molecular weight excluding hydrogens is 328 g/mol. The Kier molecular flexibility index (Phi) is 4.11. The molecular formula is C21H17N2O3+. The Morgan fingerprint density at radius 1 is 0.808 bits per heavy atom. The molecule has 0 unspecified atom stereocenters. The summed E-state index contributed by atoms with van der Waals surface area (Å²) in [7, 11) is 1.61. The van der Waals surface area contributed by atoms with Gasteiger partial charge < -0.3 is 4.74 Å². The lowest BCUT2D eigenvalue weighted by Gasteiger charge is -2.02. The fourth-order valence-corrected chi connectivity index (χ4v) is 2.88. The predicted molar refractivity (Wildman–Crippen MR) is 98.3 cm³/mol. The number of hydrogen-bond donors (Lipinski definition) is 1. The summed E-state index contributed by atoms with van der Waals surface area (Å²) >= 11 is 0. The minimum atomic E-state index is -0.423. The molecule has 5 nitrogen and oxygen atoms in total. The highest BCUT2D eigenvalue weighted by atomic mass is 16.5. The molecule has 0 aliphatic rings. The van der Waals surface area contributed by atoms with Crippen molar-refractivity contribution in [1.29, 1.82) is 0 Å². The van der Waals surface area contributed by atoms with E-state index >= 15 is 0 Å². The second-order valence-electron chi connectivity index (χ2n) is 5.81. The molecule has 0 aliphatic heterocycles. The summed E-state index contributed by atoms with van der Waals surface area (Å²) in [6.07, 6.45) is 0. The van der Waals surface area contributed by atoms with Crippen LogP contribution in [0.2, 0.25) is 0 Å². The standard InChI is InChI=1S/C21H16N2O3/c1-25-19-13-11-18(12-14-19)23-20(21(24)26-22-23)17-9-7-16(8-10-17)15-5-3-2-4-6-15/h2-14H,1H3/p+1. The monoisotopic (exact) mass is 345 g/mol. The van der Waals surface area contributed by atoms with Crippen molar-refractivity contribution in [3.05, 3.63) is 89.3 Å².